The van der Waals surface area contributed by atoms with Crippen molar-refractivity contribution in [3.05, 3.63) is 50.4 Å². The van der Waals surface area contributed by atoms with Gasteiger partial charge in [-0.3, -0.25) is 4.57 Å². The Morgan fingerprint density at radius 3 is 2.85 bits per heavy atom. The normalized spacial score (nSPS) is 12.8. The van der Waals surface area contributed by atoms with Crippen LogP contribution >= 0.6 is 50.1 Å². The number of alkyl halides is 1. The number of rotatable bonds is 2. The summed E-state index contributed by atoms with van der Waals surface area (Å²) in [7, 11) is 0. The minimum absolute atomic E-state index is 0.194. The van der Waals surface area contributed by atoms with Gasteiger partial charge >= 0.3 is 0 Å². The van der Waals surface area contributed by atoms with E-state index in [1.807, 2.05) is 29.7 Å². The molecule has 0 bridgehead atoms. The Morgan fingerprint density at radius 1 is 1.35 bits per heavy atom. The van der Waals surface area contributed by atoms with Gasteiger partial charge in [0, 0.05) is 19.9 Å². The van der Waals surface area contributed by atoms with Gasteiger partial charge in [0.05, 0.1) is 5.38 Å². The zero-order valence-corrected chi connectivity index (χ0v) is 15.0. The lowest BCUT2D eigenvalue weighted by molar-refractivity contribution is 0.876. The average Bonchev–Trinajstić information content (AvgIpc) is 2.77. The van der Waals surface area contributed by atoms with Gasteiger partial charge in [0.25, 0.3) is 0 Å². The van der Waals surface area contributed by atoms with Crippen LogP contribution in [0, 0.1) is 3.57 Å². The molecule has 20 heavy (non-hydrogen) atoms. The molecule has 1 atom stereocenters. The van der Waals surface area contributed by atoms with E-state index in [9.17, 15) is 0 Å². The van der Waals surface area contributed by atoms with E-state index in [-0.39, 0.29) is 5.38 Å². The second-order valence-corrected chi connectivity index (χ2v) is 7.21. The molecule has 0 aliphatic heterocycles. The predicted molar refractivity (Wildman–Crippen MR) is 93.6 cm³/mol. The van der Waals surface area contributed by atoms with E-state index in [2.05, 4.69) is 60.6 Å². The highest BCUT2D eigenvalue weighted by molar-refractivity contribution is 14.1. The molecule has 102 valence electrons. The molecule has 1 aromatic carbocycles. The quantitative estimate of drug-likeness (QED) is 0.393. The summed E-state index contributed by atoms with van der Waals surface area (Å²) in [6.45, 7) is 1.92. The molecule has 0 saturated heterocycles. The Morgan fingerprint density at radius 2 is 2.15 bits per heavy atom. The van der Waals surface area contributed by atoms with Crippen molar-refractivity contribution in [2.75, 3.05) is 0 Å². The molecule has 3 nitrogen and oxygen atoms in total. The van der Waals surface area contributed by atoms with Crippen LogP contribution in [0.4, 0.5) is 0 Å². The molecule has 6 heteroatoms. The second kappa shape index (κ2) is 5.61. The van der Waals surface area contributed by atoms with Gasteiger partial charge in [-0.1, -0.05) is 6.07 Å². The molecule has 0 radical (unpaired) electrons. The summed E-state index contributed by atoms with van der Waals surface area (Å²) in [6, 6.07) is 10.2. The van der Waals surface area contributed by atoms with Crippen molar-refractivity contribution in [1.29, 1.82) is 0 Å². The summed E-state index contributed by atoms with van der Waals surface area (Å²) < 4.78 is 4.08. The van der Waals surface area contributed by atoms with Crippen molar-refractivity contribution in [3.63, 3.8) is 0 Å². The summed E-state index contributed by atoms with van der Waals surface area (Å²) in [5, 5.41) is -0.194. The Bertz CT molecular complexity index is 785. The Balaban J connectivity index is 2.34. The van der Waals surface area contributed by atoms with Crippen molar-refractivity contribution in [2.45, 2.75) is 12.3 Å². The first-order chi connectivity index (χ1) is 9.56. The van der Waals surface area contributed by atoms with E-state index < -0.39 is 0 Å². The molecule has 3 aromatic rings. The van der Waals surface area contributed by atoms with Gasteiger partial charge in [-0.2, -0.15) is 0 Å². The van der Waals surface area contributed by atoms with Crippen LogP contribution in [-0.2, 0) is 0 Å². The number of hydrogen-bond donors (Lipinski definition) is 0. The average molecular weight is 463 g/mol. The third-order valence-corrected chi connectivity index (χ3v) is 4.21. The molecule has 2 heterocycles. The molecule has 0 amide bonds. The molecule has 1 unspecified atom stereocenters. The van der Waals surface area contributed by atoms with Crippen LogP contribution in [0.15, 0.2) is 41.0 Å². The van der Waals surface area contributed by atoms with Gasteiger partial charge in [0.1, 0.15) is 11.3 Å². The predicted octanol–water partition coefficient (Wildman–Crippen LogP) is 5.09. The van der Waals surface area contributed by atoms with E-state index in [0.29, 0.717) is 0 Å². The highest BCUT2D eigenvalue weighted by Crippen LogP contribution is 2.28. The summed E-state index contributed by atoms with van der Waals surface area (Å²) in [4.78, 5) is 9.10. The first-order valence-electron chi connectivity index (χ1n) is 6.00. The number of fused-ring (bicyclic) bond motifs is 1. The van der Waals surface area contributed by atoms with Gasteiger partial charge in [0.15, 0.2) is 5.65 Å². The maximum absolute atomic E-state index is 6.28. The van der Waals surface area contributed by atoms with Crippen LogP contribution in [0.5, 0.6) is 0 Å². The van der Waals surface area contributed by atoms with E-state index in [4.69, 9.17) is 11.6 Å². The van der Waals surface area contributed by atoms with Crippen molar-refractivity contribution < 1.29 is 0 Å². The fourth-order valence-corrected chi connectivity index (χ4v) is 3.09. The van der Waals surface area contributed by atoms with E-state index in [1.54, 1.807) is 6.20 Å². The summed E-state index contributed by atoms with van der Waals surface area (Å²) in [5.41, 5.74) is 2.68. The summed E-state index contributed by atoms with van der Waals surface area (Å²) in [6.07, 6.45) is 1.77. The number of pyridine rings is 1. The molecule has 0 aliphatic rings. The molecular weight excluding hydrogens is 452 g/mol. The molecule has 0 spiro atoms. The van der Waals surface area contributed by atoms with Crippen LogP contribution in [0.25, 0.3) is 16.9 Å². The van der Waals surface area contributed by atoms with Crippen LogP contribution < -0.4 is 0 Å². The largest absolute Gasteiger partial charge is 0.279 e. The van der Waals surface area contributed by atoms with Crippen molar-refractivity contribution in [2.24, 2.45) is 0 Å². The molecule has 3 rings (SSSR count). The number of halogens is 3. The van der Waals surface area contributed by atoms with Gasteiger partial charge in [0.2, 0.25) is 0 Å². The maximum atomic E-state index is 6.28. The van der Waals surface area contributed by atoms with Crippen molar-refractivity contribution >= 4 is 61.3 Å². The number of benzene rings is 1. The van der Waals surface area contributed by atoms with E-state index in [0.717, 1.165) is 30.7 Å². The zero-order valence-electron chi connectivity index (χ0n) is 10.5. The monoisotopic (exact) mass is 461 g/mol. The molecule has 2 aromatic heterocycles. The molecule has 0 aliphatic carbocycles. The van der Waals surface area contributed by atoms with Crippen molar-refractivity contribution in [1.82, 2.24) is 14.5 Å². The highest BCUT2D eigenvalue weighted by Gasteiger charge is 2.17. The van der Waals surface area contributed by atoms with Gasteiger partial charge in [-0.25, -0.2) is 9.97 Å². The maximum Gasteiger partial charge on any atom is 0.164 e. The Kier molecular flexibility index (Phi) is 4.01. The first kappa shape index (κ1) is 14.3. The fraction of sp³-hybridized carbons (Fsp3) is 0.143. The van der Waals surface area contributed by atoms with E-state index in [1.165, 1.54) is 0 Å². The van der Waals surface area contributed by atoms with Crippen LogP contribution in [0.2, 0.25) is 0 Å². The molecule has 0 saturated carbocycles. The third-order valence-electron chi connectivity index (χ3n) is 2.91. The number of aromatic nitrogens is 3. The van der Waals surface area contributed by atoms with Gasteiger partial charge < -0.3 is 0 Å². The second-order valence-electron chi connectivity index (χ2n) is 4.40. The number of nitrogens with zero attached hydrogens (tertiary/aromatic N) is 3. The topological polar surface area (TPSA) is 30.7 Å². The lowest BCUT2D eigenvalue weighted by Crippen LogP contribution is -2.02. The fourth-order valence-electron chi connectivity index (χ4n) is 2.09. The van der Waals surface area contributed by atoms with Gasteiger partial charge in [-0.05, 0) is 69.7 Å². The number of hydrogen-bond acceptors (Lipinski definition) is 2. The van der Waals surface area contributed by atoms with Crippen LogP contribution in [-0.4, -0.2) is 14.5 Å². The first-order valence-corrected chi connectivity index (χ1v) is 8.31. The Hall–Kier alpha value is -0.660. The van der Waals surface area contributed by atoms with Crippen LogP contribution in [0.1, 0.15) is 18.1 Å². The third kappa shape index (κ3) is 2.58. The lowest BCUT2D eigenvalue weighted by Gasteiger charge is -2.10. The summed E-state index contributed by atoms with van der Waals surface area (Å²) in [5.74, 6) is 0.800. The molecule has 0 fully saturated rings. The lowest BCUT2D eigenvalue weighted by atomic mass is 10.3. The highest BCUT2D eigenvalue weighted by atomic mass is 127. The van der Waals surface area contributed by atoms with Crippen LogP contribution in [0.3, 0.4) is 0 Å². The molecule has 0 N–H and O–H groups in total. The summed E-state index contributed by atoms with van der Waals surface area (Å²) >= 11 is 12.0. The Labute approximate surface area is 143 Å². The molecular formula is C14H10BrClIN3. The standard InChI is InChI=1S/C14H10BrClIN3/c1-8(16)13-19-12-5-9(15)7-18-14(12)20(13)11-4-2-3-10(17)6-11/h2-8H,1H3. The zero-order chi connectivity index (χ0) is 14.3. The minimum atomic E-state index is -0.194. The van der Waals surface area contributed by atoms with Crippen molar-refractivity contribution in [3.8, 4) is 5.69 Å². The van der Waals surface area contributed by atoms with Gasteiger partial charge in [-0.15, -0.1) is 11.6 Å². The smallest absolute Gasteiger partial charge is 0.164 e. The SMILES string of the molecule is CC(Cl)c1nc2cc(Br)cnc2n1-c1cccc(I)c1. The van der Waals surface area contributed by atoms with E-state index >= 15 is 0 Å². The number of imidazole rings is 1. The minimum Gasteiger partial charge on any atom is -0.279 e.